The summed E-state index contributed by atoms with van der Waals surface area (Å²) in [6.45, 7) is 4.67. The van der Waals surface area contributed by atoms with Crippen LogP contribution in [0.25, 0.3) is 0 Å². The summed E-state index contributed by atoms with van der Waals surface area (Å²) >= 11 is 0. The van der Waals surface area contributed by atoms with E-state index in [0.717, 1.165) is 17.0 Å². The molecule has 2 aromatic heterocycles. The summed E-state index contributed by atoms with van der Waals surface area (Å²) in [4.78, 5) is 25.9. The van der Waals surface area contributed by atoms with Gasteiger partial charge in [-0.05, 0) is 55.8 Å². The van der Waals surface area contributed by atoms with Gasteiger partial charge in [-0.3, -0.25) is 19.0 Å². The van der Waals surface area contributed by atoms with Gasteiger partial charge in [0.15, 0.2) is 0 Å². The minimum absolute atomic E-state index is 0.224. The van der Waals surface area contributed by atoms with Crippen LogP contribution in [0, 0.1) is 6.92 Å². The van der Waals surface area contributed by atoms with Crippen LogP contribution in [0.4, 0.5) is 11.4 Å². The Balaban J connectivity index is 1.42. The molecule has 4 rings (SSSR count). The second-order valence-electron chi connectivity index (χ2n) is 8.10. The van der Waals surface area contributed by atoms with Crippen molar-refractivity contribution < 1.29 is 19.1 Å². The molecule has 2 heterocycles. The summed E-state index contributed by atoms with van der Waals surface area (Å²) in [6, 6.07) is 14.5. The van der Waals surface area contributed by atoms with Crippen LogP contribution in [0.3, 0.4) is 0 Å². The minimum atomic E-state index is -0.404. The smallest absolute Gasteiger partial charge is 0.276 e. The molecule has 36 heavy (non-hydrogen) atoms. The lowest BCUT2D eigenvalue weighted by atomic mass is 10.1. The fourth-order valence-electron chi connectivity index (χ4n) is 3.56. The molecule has 0 aliphatic rings. The highest BCUT2D eigenvalue weighted by Crippen LogP contribution is 2.21. The summed E-state index contributed by atoms with van der Waals surface area (Å²) in [6.07, 6.45) is 3.02. The van der Waals surface area contributed by atoms with Crippen molar-refractivity contribution in [2.45, 2.75) is 20.5 Å². The summed E-state index contributed by atoms with van der Waals surface area (Å²) in [7, 11) is 3.43. The fourth-order valence-corrected chi connectivity index (χ4v) is 3.56. The highest BCUT2D eigenvalue weighted by molar-refractivity contribution is 6.11. The van der Waals surface area contributed by atoms with Crippen LogP contribution in [0.15, 0.2) is 60.9 Å². The zero-order chi connectivity index (χ0) is 25.7. The van der Waals surface area contributed by atoms with E-state index in [-0.39, 0.29) is 11.6 Å². The third kappa shape index (κ3) is 5.54. The third-order valence-electron chi connectivity index (χ3n) is 5.61. The molecular weight excluding hydrogens is 460 g/mol. The van der Waals surface area contributed by atoms with Crippen LogP contribution in [0.2, 0.25) is 0 Å². The molecule has 0 saturated carbocycles. The molecule has 0 aliphatic heterocycles. The molecule has 186 valence electrons. The van der Waals surface area contributed by atoms with E-state index in [1.165, 1.54) is 10.9 Å². The summed E-state index contributed by atoms with van der Waals surface area (Å²) in [5, 5.41) is 13.9. The lowest BCUT2D eigenvalue weighted by Gasteiger charge is -2.10. The number of carbonyl (C=O) groups is 2. The molecule has 0 radical (unpaired) electrons. The number of hydrogen-bond donors (Lipinski definition) is 2. The Kier molecular flexibility index (Phi) is 7.33. The van der Waals surface area contributed by atoms with Gasteiger partial charge in [-0.25, -0.2) is 0 Å². The Hall–Kier alpha value is -4.60. The maximum Gasteiger partial charge on any atom is 0.276 e. The molecule has 0 unspecified atom stereocenters. The molecule has 10 nitrogen and oxygen atoms in total. The topological polar surface area (TPSA) is 112 Å². The Morgan fingerprint density at radius 2 is 1.50 bits per heavy atom. The first-order valence-electron chi connectivity index (χ1n) is 11.4. The van der Waals surface area contributed by atoms with E-state index in [0.29, 0.717) is 35.9 Å². The van der Waals surface area contributed by atoms with Gasteiger partial charge in [-0.1, -0.05) is 12.1 Å². The molecule has 0 aliphatic carbocycles. The molecule has 10 heteroatoms. The van der Waals surface area contributed by atoms with Gasteiger partial charge >= 0.3 is 0 Å². The molecule has 2 aromatic carbocycles. The first-order valence-corrected chi connectivity index (χ1v) is 11.4. The third-order valence-corrected chi connectivity index (χ3v) is 5.61. The molecule has 0 fully saturated rings. The van der Waals surface area contributed by atoms with Crippen molar-refractivity contribution in [1.29, 1.82) is 0 Å². The number of nitrogens with zero attached hydrogens (tertiary/aromatic N) is 4. The number of nitrogens with one attached hydrogen (secondary N) is 2. The average molecular weight is 489 g/mol. The zero-order valence-corrected chi connectivity index (χ0v) is 20.6. The van der Waals surface area contributed by atoms with E-state index in [1.807, 2.05) is 44.2 Å². The van der Waals surface area contributed by atoms with Crippen molar-refractivity contribution in [3.8, 4) is 11.5 Å². The SMILES string of the molecule is CCOc1ccc(OCc2cccc(C(=O)Nc3cnn(C)c3C(=O)Nc3cnn(C)c3C)c2)cc1. The first-order chi connectivity index (χ1) is 17.4. The second kappa shape index (κ2) is 10.8. The van der Waals surface area contributed by atoms with Crippen molar-refractivity contribution in [3.63, 3.8) is 0 Å². The predicted molar refractivity (Wildman–Crippen MR) is 135 cm³/mol. The molecule has 2 N–H and O–H groups in total. The van der Waals surface area contributed by atoms with Crippen molar-refractivity contribution in [2.24, 2.45) is 14.1 Å². The van der Waals surface area contributed by atoms with Crippen LogP contribution >= 0.6 is 0 Å². The molecule has 0 bridgehead atoms. The van der Waals surface area contributed by atoms with Crippen molar-refractivity contribution >= 4 is 23.2 Å². The Morgan fingerprint density at radius 1 is 0.861 bits per heavy atom. The van der Waals surface area contributed by atoms with Crippen LogP contribution in [-0.4, -0.2) is 38.0 Å². The van der Waals surface area contributed by atoms with Gasteiger partial charge in [0.1, 0.15) is 23.8 Å². The number of anilines is 2. The Labute approximate surface area is 208 Å². The normalized spacial score (nSPS) is 10.7. The van der Waals surface area contributed by atoms with Crippen LogP contribution < -0.4 is 20.1 Å². The van der Waals surface area contributed by atoms with Crippen LogP contribution in [-0.2, 0) is 20.7 Å². The maximum absolute atomic E-state index is 13.0. The van der Waals surface area contributed by atoms with E-state index in [9.17, 15) is 9.59 Å². The number of hydrogen-bond acceptors (Lipinski definition) is 6. The van der Waals surface area contributed by atoms with Gasteiger partial charge in [0.25, 0.3) is 11.8 Å². The number of carbonyl (C=O) groups excluding carboxylic acids is 2. The number of aryl methyl sites for hydroxylation is 2. The Morgan fingerprint density at radius 3 is 2.17 bits per heavy atom. The van der Waals surface area contributed by atoms with E-state index in [1.54, 1.807) is 43.2 Å². The summed E-state index contributed by atoms with van der Waals surface area (Å²) in [5.41, 5.74) is 3.18. The van der Waals surface area contributed by atoms with Gasteiger partial charge in [0, 0.05) is 19.7 Å². The molecule has 0 spiro atoms. The first kappa shape index (κ1) is 24.5. The average Bonchev–Trinajstić information content (AvgIpc) is 3.40. The zero-order valence-electron chi connectivity index (χ0n) is 20.6. The lowest BCUT2D eigenvalue weighted by Crippen LogP contribution is -2.20. The largest absolute Gasteiger partial charge is 0.494 e. The predicted octanol–water partition coefficient (Wildman–Crippen LogP) is 3.94. The van der Waals surface area contributed by atoms with Gasteiger partial charge in [-0.2, -0.15) is 10.2 Å². The van der Waals surface area contributed by atoms with Crippen molar-refractivity contribution in [3.05, 3.63) is 83.4 Å². The number of rotatable bonds is 9. The lowest BCUT2D eigenvalue weighted by molar-refractivity contribution is 0.101. The second-order valence-corrected chi connectivity index (χ2v) is 8.10. The Bertz CT molecular complexity index is 1370. The number of benzene rings is 2. The van der Waals surface area contributed by atoms with Gasteiger partial charge in [0.05, 0.1) is 36.1 Å². The molecule has 0 saturated heterocycles. The quantitative estimate of drug-likeness (QED) is 0.369. The highest BCUT2D eigenvalue weighted by atomic mass is 16.5. The van der Waals surface area contributed by atoms with Crippen LogP contribution in [0.5, 0.6) is 11.5 Å². The van der Waals surface area contributed by atoms with Gasteiger partial charge in [-0.15, -0.1) is 0 Å². The molecule has 0 atom stereocenters. The number of amides is 2. The van der Waals surface area contributed by atoms with E-state index < -0.39 is 5.91 Å². The minimum Gasteiger partial charge on any atom is -0.494 e. The summed E-state index contributed by atoms with van der Waals surface area (Å²) in [5.74, 6) is 0.710. The standard InChI is InChI=1S/C26H28N6O4/c1-5-35-20-9-11-21(12-10-20)36-16-18-7-6-8-19(13-18)25(33)30-23-15-28-32(4)24(23)26(34)29-22-14-27-31(3)17(22)2/h6-15H,5,16H2,1-4H3,(H,29,34)(H,30,33). The van der Waals surface area contributed by atoms with E-state index >= 15 is 0 Å². The van der Waals surface area contributed by atoms with E-state index in [2.05, 4.69) is 20.8 Å². The van der Waals surface area contributed by atoms with E-state index in [4.69, 9.17) is 9.47 Å². The molecular formula is C26H28N6O4. The van der Waals surface area contributed by atoms with Crippen molar-refractivity contribution in [2.75, 3.05) is 17.2 Å². The monoisotopic (exact) mass is 488 g/mol. The number of aromatic nitrogens is 4. The van der Waals surface area contributed by atoms with Crippen molar-refractivity contribution in [1.82, 2.24) is 19.6 Å². The fraction of sp³-hybridized carbons (Fsp3) is 0.231. The molecule has 2 amide bonds. The highest BCUT2D eigenvalue weighted by Gasteiger charge is 2.21. The summed E-state index contributed by atoms with van der Waals surface area (Å²) < 4.78 is 14.4. The van der Waals surface area contributed by atoms with Crippen LogP contribution in [0.1, 0.15) is 39.0 Å². The van der Waals surface area contributed by atoms with Gasteiger partial charge in [0.2, 0.25) is 0 Å². The molecule has 4 aromatic rings. The maximum atomic E-state index is 13.0. The van der Waals surface area contributed by atoms with Gasteiger partial charge < -0.3 is 20.1 Å². The number of ether oxygens (including phenoxy) is 2.